The van der Waals surface area contributed by atoms with Gasteiger partial charge in [-0.05, 0) is 34.6 Å². The molecule has 0 aliphatic heterocycles. The van der Waals surface area contributed by atoms with Gasteiger partial charge in [0.1, 0.15) is 17.0 Å². The van der Waals surface area contributed by atoms with Crippen LogP contribution in [0.15, 0.2) is 6.20 Å². The molecule has 0 fully saturated rings. The molecule has 0 spiro atoms. The topological polar surface area (TPSA) is 112 Å². The largest absolute Gasteiger partial charge is 0.496 e. The summed E-state index contributed by atoms with van der Waals surface area (Å²) < 4.78 is 10.5. The van der Waals surface area contributed by atoms with Gasteiger partial charge in [0.25, 0.3) is 0 Å². The maximum absolute atomic E-state index is 11.6. The smallest absolute Gasteiger partial charge is 0.408 e. The first-order valence-electron chi connectivity index (χ1n) is 7.75. The molecule has 2 rings (SSSR count). The van der Waals surface area contributed by atoms with E-state index < -0.39 is 11.7 Å². The summed E-state index contributed by atoms with van der Waals surface area (Å²) in [6.07, 6.45) is 1.13. The lowest BCUT2D eigenvalue weighted by Crippen LogP contribution is -2.32. The Morgan fingerprint density at radius 3 is 2.36 bits per heavy atom. The zero-order chi connectivity index (χ0) is 18.6. The molecule has 0 bridgehead atoms. The summed E-state index contributed by atoms with van der Waals surface area (Å²) >= 11 is 0. The highest BCUT2D eigenvalue weighted by Crippen LogP contribution is 2.28. The summed E-state index contributed by atoms with van der Waals surface area (Å²) in [5.74, 6) is 1.28. The van der Waals surface area contributed by atoms with Crippen LogP contribution in [0.4, 0.5) is 4.79 Å². The molecule has 9 heteroatoms. The number of carbonyl (C=O) groups excluding carboxylic acids is 1. The third-order valence-corrected chi connectivity index (χ3v) is 3.17. The Labute approximate surface area is 146 Å². The number of nitrogens with one attached hydrogen (secondary N) is 1. The Hall–Kier alpha value is -2.84. The molecule has 0 saturated carbocycles. The first-order chi connectivity index (χ1) is 11.7. The van der Waals surface area contributed by atoms with Gasteiger partial charge in [0.15, 0.2) is 5.82 Å². The molecule has 0 radical (unpaired) electrons. The van der Waals surface area contributed by atoms with Crippen molar-refractivity contribution in [1.82, 2.24) is 30.7 Å². The second kappa shape index (κ2) is 7.37. The number of pyridine rings is 1. The number of rotatable bonds is 4. The van der Waals surface area contributed by atoms with Crippen molar-refractivity contribution in [2.75, 3.05) is 7.11 Å². The molecule has 2 aromatic heterocycles. The molecule has 2 aromatic rings. The van der Waals surface area contributed by atoms with Gasteiger partial charge in [-0.3, -0.25) is 4.98 Å². The van der Waals surface area contributed by atoms with Crippen LogP contribution in [0.25, 0.3) is 11.5 Å². The van der Waals surface area contributed by atoms with Crippen molar-refractivity contribution in [2.24, 2.45) is 0 Å². The highest BCUT2D eigenvalue weighted by atomic mass is 16.6. The second-order valence-electron chi connectivity index (χ2n) is 6.44. The van der Waals surface area contributed by atoms with E-state index in [9.17, 15) is 4.79 Å². The molecule has 9 nitrogen and oxygen atoms in total. The summed E-state index contributed by atoms with van der Waals surface area (Å²) in [6.45, 7) is 9.20. The highest BCUT2D eigenvalue weighted by molar-refractivity contribution is 5.67. The number of nitrogens with zero attached hydrogens (tertiary/aromatic N) is 5. The van der Waals surface area contributed by atoms with Crippen molar-refractivity contribution in [3.8, 4) is 17.3 Å². The summed E-state index contributed by atoms with van der Waals surface area (Å²) in [5, 5.41) is 18.6. The normalized spacial score (nSPS) is 11.1. The Bertz CT molecular complexity index is 756. The summed E-state index contributed by atoms with van der Waals surface area (Å²) in [4.78, 5) is 15.9. The fourth-order valence-electron chi connectivity index (χ4n) is 2.14. The van der Waals surface area contributed by atoms with E-state index in [2.05, 4.69) is 30.7 Å². The van der Waals surface area contributed by atoms with Gasteiger partial charge in [-0.2, -0.15) is 0 Å². The summed E-state index contributed by atoms with van der Waals surface area (Å²) in [6, 6.07) is 0. The second-order valence-corrected chi connectivity index (χ2v) is 6.44. The molecular weight excluding hydrogens is 324 g/mol. The number of aryl methyl sites for hydroxylation is 1. The molecule has 0 atom stereocenters. The van der Waals surface area contributed by atoms with Gasteiger partial charge < -0.3 is 14.8 Å². The van der Waals surface area contributed by atoms with Crippen LogP contribution in [0.5, 0.6) is 5.75 Å². The van der Waals surface area contributed by atoms with Gasteiger partial charge in [-0.1, -0.05) is 0 Å². The predicted octanol–water partition coefficient (Wildman–Crippen LogP) is 1.98. The van der Waals surface area contributed by atoms with Crippen LogP contribution in [0, 0.1) is 13.8 Å². The monoisotopic (exact) mass is 346 g/mol. The lowest BCUT2D eigenvalue weighted by Gasteiger charge is -2.19. The first-order valence-corrected chi connectivity index (χ1v) is 7.75. The van der Waals surface area contributed by atoms with Crippen LogP contribution in [0.1, 0.15) is 37.7 Å². The Morgan fingerprint density at radius 1 is 1.16 bits per heavy atom. The fourth-order valence-corrected chi connectivity index (χ4v) is 2.14. The maximum atomic E-state index is 11.6. The standard InChI is InChI=1S/C16H22N6O3/c1-9-7-17-12(10(2)13(9)24-6)14-21-19-11(20-22-14)8-18-15(23)25-16(3,4)5/h7H,8H2,1-6H3,(H,18,23). The van der Waals surface area contributed by atoms with Crippen molar-refractivity contribution in [3.63, 3.8) is 0 Å². The molecular formula is C16H22N6O3. The Kier molecular flexibility index (Phi) is 5.45. The van der Waals surface area contributed by atoms with E-state index in [1.807, 2.05) is 13.8 Å². The molecule has 0 aliphatic rings. The van der Waals surface area contributed by atoms with Crippen molar-refractivity contribution in [2.45, 2.75) is 46.8 Å². The van der Waals surface area contributed by atoms with E-state index in [-0.39, 0.29) is 18.2 Å². The first kappa shape index (κ1) is 18.5. The number of amides is 1. The van der Waals surface area contributed by atoms with E-state index in [0.717, 1.165) is 16.9 Å². The van der Waals surface area contributed by atoms with Crippen LogP contribution in [0.2, 0.25) is 0 Å². The van der Waals surface area contributed by atoms with E-state index >= 15 is 0 Å². The number of alkyl carbamates (subject to hydrolysis) is 1. The van der Waals surface area contributed by atoms with Gasteiger partial charge in [0.05, 0.1) is 13.7 Å². The van der Waals surface area contributed by atoms with Gasteiger partial charge in [-0.15, -0.1) is 20.4 Å². The number of methoxy groups -OCH3 is 1. The fraction of sp³-hybridized carbons (Fsp3) is 0.500. The predicted molar refractivity (Wildman–Crippen MR) is 90.0 cm³/mol. The Balaban J connectivity index is 2.09. The zero-order valence-corrected chi connectivity index (χ0v) is 15.2. The minimum atomic E-state index is -0.570. The van der Waals surface area contributed by atoms with Gasteiger partial charge in [0.2, 0.25) is 5.82 Å². The zero-order valence-electron chi connectivity index (χ0n) is 15.2. The lowest BCUT2D eigenvalue weighted by molar-refractivity contribution is 0.0522. The van der Waals surface area contributed by atoms with Gasteiger partial charge in [-0.25, -0.2) is 4.79 Å². The SMILES string of the molecule is COc1c(C)cnc(-c2nnc(CNC(=O)OC(C)(C)C)nn2)c1C. The molecule has 0 aliphatic carbocycles. The van der Waals surface area contributed by atoms with Crippen molar-refractivity contribution in [1.29, 1.82) is 0 Å². The summed E-state index contributed by atoms with van der Waals surface area (Å²) in [7, 11) is 1.60. The Morgan fingerprint density at radius 2 is 1.80 bits per heavy atom. The van der Waals surface area contributed by atoms with Crippen LogP contribution >= 0.6 is 0 Å². The highest BCUT2D eigenvalue weighted by Gasteiger charge is 2.17. The van der Waals surface area contributed by atoms with Gasteiger partial charge in [0, 0.05) is 17.3 Å². The molecule has 2 heterocycles. The molecule has 0 unspecified atom stereocenters. The van der Waals surface area contributed by atoms with Crippen molar-refractivity contribution in [3.05, 3.63) is 23.1 Å². The van der Waals surface area contributed by atoms with Crippen molar-refractivity contribution < 1.29 is 14.3 Å². The van der Waals surface area contributed by atoms with Crippen molar-refractivity contribution >= 4 is 6.09 Å². The van der Waals surface area contributed by atoms with Gasteiger partial charge >= 0.3 is 6.09 Å². The van der Waals surface area contributed by atoms with Crippen LogP contribution in [-0.4, -0.2) is 44.2 Å². The van der Waals surface area contributed by atoms with Crippen LogP contribution in [0.3, 0.4) is 0 Å². The average Bonchev–Trinajstić information content (AvgIpc) is 2.53. The molecule has 0 aromatic carbocycles. The molecule has 1 N–H and O–H groups in total. The number of ether oxygens (including phenoxy) is 2. The third kappa shape index (κ3) is 4.82. The number of carbonyl (C=O) groups is 1. The van der Waals surface area contributed by atoms with E-state index in [1.165, 1.54) is 0 Å². The lowest BCUT2D eigenvalue weighted by atomic mass is 10.1. The molecule has 25 heavy (non-hydrogen) atoms. The molecule has 134 valence electrons. The number of aromatic nitrogens is 5. The molecule has 0 saturated heterocycles. The van der Waals surface area contributed by atoms with E-state index in [4.69, 9.17) is 9.47 Å². The summed E-state index contributed by atoms with van der Waals surface area (Å²) in [5.41, 5.74) is 1.71. The number of hydrogen-bond donors (Lipinski definition) is 1. The number of hydrogen-bond acceptors (Lipinski definition) is 8. The quantitative estimate of drug-likeness (QED) is 0.894. The average molecular weight is 346 g/mol. The van der Waals surface area contributed by atoms with Crippen LogP contribution in [-0.2, 0) is 11.3 Å². The van der Waals surface area contributed by atoms with E-state index in [0.29, 0.717) is 5.69 Å². The third-order valence-electron chi connectivity index (χ3n) is 3.17. The minimum absolute atomic E-state index is 0.0683. The molecule has 1 amide bonds. The maximum Gasteiger partial charge on any atom is 0.408 e. The van der Waals surface area contributed by atoms with E-state index in [1.54, 1.807) is 34.1 Å². The minimum Gasteiger partial charge on any atom is -0.496 e. The van der Waals surface area contributed by atoms with Crippen LogP contribution < -0.4 is 10.1 Å².